The highest BCUT2D eigenvalue weighted by Gasteiger charge is 2.58. The molecule has 180 valence electrons. The smallest absolute Gasteiger partial charge is 0.233 e. The number of benzene rings is 1. The van der Waals surface area contributed by atoms with Crippen LogP contribution in [0.25, 0.3) is 0 Å². The largest absolute Gasteiger partial charge is 0.357 e. The van der Waals surface area contributed by atoms with Gasteiger partial charge in [-0.1, -0.05) is 24.3 Å². The molecule has 1 saturated carbocycles. The number of allylic oxidation sites excluding steroid dienone is 2. The van der Waals surface area contributed by atoms with Crippen LogP contribution in [-0.2, 0) is 9.59 Å². The molecule has 1 aromatic carbocycles. The maximum absolute atomic E-state index is 13.7. The Balaban J connectivity index is 0.00000306. The summed E-state index contributed by atoms with van der Waals surface area (Å²) in [6, 6.07) is 6.49. The minimum Gasteiger partial charge on any atom is -0.357 e. The Morgan fingerprint density at radius 3 is 2.42 bits per heavy atom. The zero-order valence-electron chi connectivity index (χ0n) is 19.3. The van der Waals surface area contributed by atoms with Crippen LogP contribution in [0.2, 0.25) is 0 Å². The van der Waals surface area contributed by atoms with Crippen LogP contribution in [0.3, 0.4) is 0 Å². The van der Waals surface area contributed by atoms with Crippen molar-refractivity contribution in [1.29, 1.82) is 0 Å². The van der Waals surface area contributed by atoms with Crippen LogP contribution in [0.5, 0.6) is 0 Å². The number of imide groups is 1. The fourth-order valence-corrected chi connectivity index (χ4v) is 5.27. The maximum Gasteiger partial charge on any atom is 0.233 e. The van der Waals surface area contributed by atoms with Gasteiger partial charge in [-0.15, -0.1) is 24.0 Å². The lowest BCUT2D eigenvalue weighted by Crippen LogP contribution is -2.44. The molecule has 1 saturated heterocycles. The SMILES string of the molecule is CCNC(=NCC(c1cccc(F)c1)N(C)C)NCCN1C(=O)C2C3C=CC(C3)C2C1=O.I. The molecular formula is C24H33FIN5O2. The van der Waals surface area contributed by atoms with Gasteiger partial charge in [0.05, 0.1) is 24.4 Å². The van der Waals surface area contributed by atoms with Crippen molar-refractivity contribution in [3.05, 3.63) is 47.8 Å². The van der Waals surface area contributed by atoms with Gasteiger partial charge in [-0.3, -0.25) is 19.5 Å². The molecule has 1 aromatic rings. The van der Waals surface area contributed by atoms with Gasteiger partial charge in [-0.25, -0.2) is 4.39 Å². The predicted octanol–water partition coefficient (Wildman–Crippen LogP) is 2.41. The first-order valence-corrected chi connectivity index (χ1v) is 11.4. The highest BCUT2D eigenvalue weighted by Crippen LogP contribution is 2.52. The molecular weight excluding hydrogens is 536 g/mol. The second-order valence-electron chi connectivity index (χ2n) is 9.01. The van der Waals surface area contributed by atoms with Gasteiger partial charge in [-0.05, 0) is 57.0 Å². The number of guanidine groups is 1. The molecule has 4 rings (SSSR count). The average molecular weight is 569 g/mol. The van der Waals surface area contributed by atoms with Crippen LogP contribution >= 0.6 is 24.0 Å². The molecule has 5 unspecified atom stereocenters. The zero-order valence-corrected chi connectivity index (χ0v) is 21.7. The molecule has 5 atom stereocenters. The molecule has 1 heterocycles. The lowest BCUT2D eigenvalue weighted by Gasteiger charge is -2.24. The second kappa shape index (κ2) is 10.9. The van der Waals surface area contributed by atoms with Gasteiger partial charge in [0.15, 0.2) is 5.96 Å². The average Bonchev–Trinajstić information content (AvgIpc) is 3.43. The topological polar surface area (TPSA) is 77.0 Å². The highest BCUT2D eigenvalue weighted by molar-refractivity contribution is 14.0. The number of likely N-dealkylation sites (tertiary alicyclic amines) is 1. The molecule has 0 spiro atoms. The first kappa shape index (κ1) is 25.6. The van der Waals surface area contributed by atoms with Crippen molar-refractivity contribution in [2.24, 2.45) is 28.7 Å². The van der Waals surface area contributed by atoms with Crippen LogP contribution in [0, 0.1) is 29.5 Å². The zero-order chi connectivity index (χ0) is 22.8. The number of halogens is 2. The molecule has 0 radical (unpaired) electrons. The van der Waals surface area contributed by atoms with Crippen molar-refractivity contribution in [3.63, 3.8) is 0 Å². The Kier molecular flexibility index (Phi) is 8.49. The normalized spacial score (nSPS) is 26.6. The molecule has 2 amide bonds. The Hall–Kier alpha value is -2.01. The fraction of sp³-hybridized carbons (Fsp3) is 0.542. The van der Waals surface area contributed by atoms with E-state index < -0.39 is 0 Å². The van der Waals surface area contributed by atoms with Crippen LogP contribution in [0.15, 0.2) is 41.4 Å². The number of rotatable bonds is 8. The summed E-state index contributed by atoms with van der Waals surface area (Å²) in [4.78, 5) is 33.7. The van der Waals surface area contributed by atoms with E-state index in [0.29, 0.717) is 32.1 Å². The lowest BCUT2D eigenvalue weighted by atomic mass is 9.85. The summed E-state index contributed by atoms with van der Waals surface area (Å²) >= 11 is 0. The molecule has 33 heavy (non-hydrogen) atoms. The molecule has 3 aliphatic rings. The summed E-state index contributed by atoms with van der Waals surface area (Å²) in [5, 5.41) is 6.43. The molecule has 0 aromatic heterocycles. The highest BCUT2D eigenvalue weighted by atomic mass is 127. The van der Waals surface area contributed by atoms with E-state index in [-0.39, 0.29) is 71.3 Å². The van der Waals surface area contributed by atoms with Gasteiger partial charge < -0.3 is 15.5 Å². The number of likely N-dealkylation sites (N-methyl/N-ethyl adjacent to an activating group) is 1. The number of fused-ring (bicyclic) bond motifs is 5. The van der Waals surface area contributed by atoms with E-state index in [4.69, 9.17) is 0 Å². The Morgan fingerprint density at radius 1 is 1.18 bits per heavy atom. The summed E-state index contributed by atoms with van der Waals surface area (Å²) < 4.78 is 13.7. The van der Waals surface area contributed by atoms with E-state index in [2.05, 4.69) is 27.8 Å². The van der Waals surface area contributed by atoms with Crippen molar-refractivity contribution in [2.45, 2.75) is 19.4 Å². The fourth-order valence-electron chi connectivity index (χ4n) is 5.27. The Bertz CT molecular complexity index is 907. The van der Waals surface area contributed by atoms with Gasteiger partial charge in [0.1, 0.15) is 5.82 Å². The standard InChI is InChI=1S/C24H32FN5O2.HI/c1-4-26-24(28-14-19(29(2)3)15-6-5-7-18(25)13-15)27-10-11-30-22(31)20-16-8-9-17(12-16)21(20)23(30)32;/h5-9,13,16-17,19-21H,4,10-12,14H2,1-3H3,(H2,26,27,28);1H. The first-order chi connectivity index (χ1) is 15.4. The van der Waals surface area contributed by atoms with Crippen LogP contribution in [-0.4, -0.2) is 67.8 Å². The van der Waals surface area contributed by atoms with Crippen LogP contribution in [0.1, 0.15) is 24.9 Å². The summed E-state index contributed by atoms with van der Waals surface area (Å²) in [5.74, 6) is 0.415. The van der Waals surface area contributed by atoms with Crippen molar-refractivity contribution < 1.29 is 14.0 Å². The maximum atomic E-state index is 13.7. The van der Waals surface area contributed by atoms with Gasteiger partial charge in [0, 0.05) is 19.6 Å². The number of hydrogen-bond acceptors (Lipinski definition) is 4. The van der Waals surface area contributed by atoms with Gasteiger partial charge in [-0.2, -0.15) is 0 Å². The molecule has 7 nitrogen and oxygen atoms in total. The number of carbonyl (C=O) groups is 2. The molecule has 2 aliphatic carbocycles. The van der Waals surface area contributed by atoms with Gasteiger partial charge >= 0.3 is 0 Å². The lowest BCUT2D eigenvalue weighted by molar-refractivity contribution is -0.140. The van der Waals surface area contributed by atoms with E-state index >= 15 is 0 Å². The second-order valence-corrected chi connectivity index (χ2v) is 9.01. The quantitative estimate of drug-likeness (QED) is 0.166. The van der Waals surface area contributed by atoms with E-state index in [1.807, 2.05) is 32.0 Å². The van der Waals surface area contributed by atoms with Crippen molar-refractivity contribution >= 4 is 41.8 Å². The van der Waals surface area contributed by atoms with Gasteiger partial charge in [0.2, 0.25) is 11.8 Å². The predicted molar refractivity (Wildman–Crippen MR) is 137 cm³/mol. The third-order valence-corrected chi connectivity index (χ3v) is 6.81. The molecule has 2 bridgehead atoms. The number of nitrogens with zero attached hydrogens (tertiary/aromatic N) is 3. The third-order valence-electron chi connectivity index (χ3n) is 6.81. The van der Waals surface area contributed by atoms with E-state index in [9.17, 15) is 14.0 Å². The summed E-state index contributed by atoms with van der Waals surface area (Å²) in [6.07, 6.45) is 5.15. The summed E-state index contributed by atoms with van der Waals surface area (Å²) in [7, 11) is 3.88. The minimum atomic E-state index is -0.267. The molecule has 9 heteroatoms. The molecule has 2 fully saturated rings. The number of aliphatic imine (C=N–C) groups is 1. The Labute approximate surface area is 211 Å². The number of amides is 2. The van der Waals surface area contributed by atoms with Crippen molar-refractivity contribution in [3.8, 4) is 0 Å². The van der Waals surface area contributed by atoms with Crippen molar-refractivity contribution in [1.82, 2.24) is 20.4 Å². The summed E-state index contributed by atoms with van der Waals surface area (Å²) in [5.41, 5.74) is 0.859. The number of nitrogens with one attached hydrogen (secondary N) is 2. The summed E-state index contributed by atoms with van der Waals surface area (Å²) in [6.45, 7) is 3.85. The van der Waals surface area contributed by atoms with E-state index in [1.165, 1.54) is 17.0 Å². The molecule has 1 aliphatic heterocycles. The first-order valence-electron chi connectivity index (χ1n) is 11.4. The molecule has 2 N–H and O–H groups in total. The Morgan fingerprint density at radius 2 is 1.85 bits per heavy atom. The minimum absolute atomic E-state index is 0. The van der Waals surface area contributed by atoms with Crippen molar-refractivity contribution in [2.75, 3.05) is 40.3 Å². The number of carbonyl (C=O) groups excluding carboxylic acids is 2. The third kappa shape index (κ3) is 5.24. The van der Waals surface area contributed by atoms with E-state index in [1.54, 1.807) is 6.07 Å². The number of hydrogen-bond donors (Lipinski definition) is 2. The monoisotopic (exact) mass is 569 g/mol. The van der Waals surface area contributed by atoms with Gasteiger partial charge in [0.25, 0.3) is 0 Å². The van der Waals surface area contributed by atoms with Crippen LogP contribution in [0.4, 0.5) is 4.39 Å². The van der Waals surface area contributed by atoms with E-state index in [0.717, 1.165) is 12.0 Å². The van der Waals surface area contributed by atoms with Crippen LogP contribution < -0.4 is 10.6 Å².